The zero-order valence-electron chi connectivity index (χ0n) is 15.0. The Hall–Kier alpha value is -3.39. The number of thiophene rings is 1. The van der Waals surface area contributed by atoms with Crippen LogP contribution in [0, 0.1) is 5.82 Å². The summed E-state index contributed by atoms with van der Waals surface area (Å²) >= 11 is 1.08. The summed E-state index contributed by atoms with van der Waals surface area (Å²) in [4.78, 5) is 24.4. The molecule has 0 atom stereocenters. The molecule has 0 aliphatic heterocycles. The van der Waals surface area contributed by atoms with Crippen LogP contribution in [0.5, 0.6) is 11.5 Å². The Balaban J connectivity index is 1.93. The fourth-order valence-electron chi connectivity index (χ4n) is 2.66. The quantitative estimate of drug-likeness (QED) is 0.634. The maximum Gasteiger partial charge on any atom is 0.339 e. The maximum atomic E-state index is 13.2. The number of carboxylic acids is 1. The first-order chi connectivity index (χ1) is 13.4. The molecule has 0 aliphatic rings. The highest BCUT2D eigenvalue weighted by molar-refractivity contribution is 7.15. The van der Waals surface area contributed by atoms with Crippen molar-refractivity contribution in [3.8, 4) is 22.6 Å². The van der Waals surface area contributed by atoms with Gasteiger partial charge in [-0.15, -0.1) is 11.3 Å². The predicted molar refractivity (Wildman–Crippen MR) is 104 cm³/mol. The van der Waals surface area contributed by atoms with Crippen LogP contribution in [-0.2, 0) is 0 Å². The number of ether oxygens (including phenoxy) is 2. The molecule has 0 fully saturated rings. The Morgan fingerprint density at radius 1 is 1.04 bits per heavy atom. The van der Waals surface area contributed by atoms with Crippen molar-refractivity contribution in [3.05, 3.63) is 64.8 Å². The lowest BCUT2D eigenvalue weighted by atomic mass is 10.0. The molecule has 0 unspecified atom stereocenters. The summed E-state index contributed by atoms with van der Waals surface area (Å²) in [7, 11) is 2.94. The lowest BCUT2D eigenvalue weighted by Gasteiger charge is -2.10. The third-order valence-corrected chi connectivity index (χ3v) is 4.93. The Kier molecular flexibility index (Phi) is 5.60. The van der Waals surface area contributed by atoms with Crippen LogP contribution in [0.1, 0.15) is 20.7 Å². The first-order valence-corrected chi connectivity index (χ1v) is 8.96. The van der Waals surface area contributed by atoms with Crippen molar-refractivity contribution in [2.24, 2.45) is 0 Å². The summed E-state index contributed by atoms with van der Waals surface area (Å²) in [5.74, 6) is -1.25. The molecule has 1 amide bonds. The Labute approximate surface area is 164 Å². The van der Waals surface area contributed by atoms with Gasteiger partial charge in [0.25, 0.3) is 5.91 Å². The number of carbonyl (C=O) groups is 2. The topological polar surface area (TPSA) is 84.9 Å². The smallest absolute Gasteiger partial charge is 0.339 e. The minimum absolute atomic E-state index is 0.0505. The van der Waals surface area contributed by atoms with E-state index in [4.69, 9.17) is 9.47 Å². The molecule has 1 heterocycles. The fourth-order valence-corrected chi connectivity index (χ4v) is 3.61. The van der Waals surface area contributed by atoms with Gasteiger partial charge in [0.2, 0.25) is 0 Å². The SMILES string of the molecule is COc1ccc(C(=O)Nc2scc(-c3ccc(F)cc3)c2C(=O)O)cc1OC. The zero-order valence-corrected chi connectivity index (χ0v) is 15.8. The minimum atomic E-state index is -1.19. The predicted octanol–water partition coefficient (Wildman–Crippen LogP) is 4.52. The summed E-state index contributed by atoms with van der Waals surface area (Å²) in [6.45, 7) is 0. The number of aromatic carboxylic acids is 1. The van der Waals surface area contributed by atoms with Crippen molar-refractivity contribution in [1.29, 1.82) is 0 Å². The van der Waals surface area contributed by atoms with Gasteiger partial charge in [-0.3, -0.25) is 4.79 Å². The van der Waals surface area contributed by atoms with Crippen LogP contribution in [0.15, 0.2) is 47.8 Å². The third-order valence-electron chi connectivity index (χ3n) is 4.03. The molecule has 0 radical (unpaired) electrons. The van der Waals surface area contributed by atoms with E-state index in [9.17, 15) is 19.1 Å². The Morgan fingerprint density at radius 3 is 2.32 bits per heavy atom. The standard InChI is InChI=1S/C20H16FNO5S/c1-26-15-8-5-12(9-16(15)27-2)18(23)22-19-17(20(24)25)14(10-28-19)11-3-6-13(21)7-4-11/h3-10H,1-2H3,(H,22,23)(H,24,25). The van der Waals surface area contributed by atoms with Gasteiger partial charge < -0.3 is 19.9 Å². The number of hydrogen-bond acceptors (Lipinski definition) is 5. The maximum absolute atomic E-state index is 13.2. The average Bonchev–Trinajstić information content (AvgIpc) is 3.11. The third kappa shape index (κ3) is 3.81. The van der Waals surface area contributed by atoms with Gasteiger partial charge in [0.05, 0.1) is 14.2 Å². The molecule has 2 aromatic carbocycles. The van der Waals surface area contributed by atoms with Crippen molar-refractivity contribution in [2.75, 3.05) is 19.5 Å². The number of benzene rings is 2. The molecule has 8 heteroatoms. The fraction of sp³-hybridized carbons (Fsp3) is 0.100. The second-order valence-corrected chi connectivity index (χ2v) is 6.57. The second kappa shape index (κ2) is 8.10. The summed E-state index contributed by atoms with van der Waals surface area (Å²) in [5, 5.41) is 14.1. The number of amides is 1. The van der Waals surface area contributed by atoms with Crippen LogP contribution in [0.3, 0.4) is 0 Å². The molecule has 28 heavy (non-hydrogen) atoms. The molecule has 0 bridgehead atoms. The minimum Gasteiger partial charge on any atom is -0.493 e. The van der Waals surface area contributed by atoms with E-state index in [0.29, 0.717) is 22.6 Å². The van der Waals surface area contributed by atoms with Crippen molar-refractivity contribution >= 4 is 28.2 Å². The van der Waals surface area contributed by atoms with E-state index < -0.39 is 17.7 Å². The molecule has 2 N–H and O–H groups in total. The number of nitrogens with one attached hydrogen (secondary N) is 1. The van der Waals surface area contributed by atoms with E-state index in [2.05, 4.69) is 5.32 Å². The molecular weight excluding hydrogens is 385 g/mol. The molecule has 0 aliphatic carbocycles. The highest BCUT2D eigenvalue weighted by Gasteiger charge is 2.22. The highest BCUT2D eigenvalue weighted by atomic mass is 32.1. The van der Waals surface area contributed by atoms with E-state index in [-0.39, 0.29) is 16.1 Å². The number of hydrogen-bond donors (Lipinski definition) is 2. The lowest BCUT2D eigenvalue weighted by Crippen LogP contribution is -2.13. The van der Waals surface area contributed by atoms with Gasteiger partial charge in [-0.1, -0.05) is 12.1 Å². The number of carbonyl (C=O) groups excluding carboxylic acids is 1. The molecule has 0 spiro atoms. The second-order valence-electron chi connectivity index (χ2n) is 5.69. The van der Waals surface area contributed by atoms with Crippen molar-refractivity contribution < 1.29 is 28.6 Å². The summed E-state index contributed by atoms with van der Waals surface area (Å²) in [6.07, 6.45) is 0. The number of halogens is 1. The summed E-state index contributed by atoms with van der Waals surface area (Å²) < 4.78 is 23.5. The van der Waals surface area contributed by atoms with E-state index in [1.807, 2.05) is 0 Å². The van der Waals surface area contributed by atoms with Gasteiger partial charge in [-0.2, -0.15) is 0 Å². The number of rotatable bonds is 6. The lowest BCUT2D eigenvalue weighted by molar-refractivity contribution is 0.0699. The molecular formula is C20H16FNO5S. The number of carboxylic acid groups (broad SMARTS) is 1. The summed E-state index contributed by atoms with van der Waals surface area (Å²) in [5.41, 5.74) is 1.18. The van der Waals surface area contributed by atoms with Gasteiger partial charge in [0.15, 0.2) is 11.5 Å². The first kappa shape index (κ1) is 19.4. The molecule has 0 saturated carbocycles. The van der Waals surface area contributed by atoms with Gasteiger partial charge in [-0.25, -0.2) is 9.18 Å². The monoisotopic (exact) mass is 401 g/mol. The van der Waals surface area contributed by atoms with E-state index in [1.165, 1.54) is 44.6 Å². The van der Waals surface area contributed by atoms with E-state index >= 15 is 0 Å². The van der Waals surface area contributed by atoms with Crippen LogP contribution in [-0.4, -0.2) is 31.2 Å². The Bertz CT molecular complexity index is 1030. The summed E-state index contributed by atoms with van der Waals surface area (Å²) in [6, 6.07) is 10.1. The van der Waals surface area contributed by atoms with Gasteiger partial charge in [0, 0.05) is 16.5 Å². The normalized spacial score (nSPS) is 10.4. The van der Waals surface area contributed by atoms with E-state index in [1.54, 1.807) is 17.5 Å². The van der Waals surface area contributed by atoms with Crippen LogP contribution >= 0.6 is 11.3 Å². The van der Waals surface area contributed by atoms with Crippen LogP contribution in [0.4, 0.5) is 9.39 Å². The van der Waals surface area contributed by atoms with Gasteiger partial charge in [0.1, 0.15) is 16.4 Å². The first-order valence-electron chi connectivity index (χ1n) is 8.08. The van der Waals surface area contributed by atoms with Crippen molar-refractivity contribution in [2.45, 2.75) is 0 Å². The van der Waals surface area contributed by atoms with Crippen molar-refractivity contribution in [3.63, 3.8) is 0 Å². The van der Waals surface area contributed by atoms with Gasteiger partial charge >= 0.3 is 5.97 Å². The van der Waals surface area contributed by atoms with Crippen LogP contribution in [0.25, 0.3) is 11.1 Å². The average molecular weight is 401 g/mol. The molecule has 3 aromatic rings. The molecule has 3 rings (SSSR count). The van der Waals surface area contributed by atoms with Crippen molar-refractivity contribution in [1.82, 2.24) is 0 Å². The largest absolute Gasteiger partial charge is 0.493 e. The highest BCUT2D eigenvalue weighted by Crippen LogP contribution is 2.36. The zero-order chi connectivity index (χ0) is 20.3. The van der Waals surface area contributed by atoms with Gasteiger partial charge in [-0.05, 0) is 35.9 Å². The molecule has 6 nitrogen and oxygen atoms in total. The van der Waals surface area contributed by atoms with E-state index in [0.717, 1.165) is 11.3 Å². The molecule has 144 valence electrons. The number of anilines is 1. The van der Waals surface area contributed by atoms with Crippen LogP contribution in [0.2, 0.25) is 0 Å². The molecule has 1 aromatic heterocycles. The molecule has 0 saturated heterocycles. The number of methoxy groups -OCH3 is 2. The Morgan fingerprint density at radius 2 is 1.71 bits per heavy atom. The van der Waals surface area contributed by atoms with Crippen LogP contribution < -0.4 is 14.8 Å².